The number of thiazole rings is 1. The number of sulfonamides is 1. The van der Waals surface area contributed by atoms with Crippen molar-refractivity contribution in [1.82, 2.24) is 4.98 Å². The minimum atomic E-state index is -3.78. The molecule has 5 atom stereocenters. The van der Waals surface area contributed by atoms with Gasteiger partial charge in [0.05, 0.1) is 11.5 Å². The second-order valence-corrected chi connectivity index (χ2v) is 12.3. The van der Waals surface area contributed by atoms with Gasteiger partial charge < -0.3 is 33.7 Å². The van der Waals surface area contributed by atoms with Crippen LogP contribution in [0.5, 0.6) is 0 Å². The van der Waals surface area contributed by atoms with Crippen LogP contribution >= 0.6 is 11.3 Å². The summed E-state index contributed by atoms with van der Waals surface area (Å²) in [7, 11) is -3.78. The third-order valence-corrected chi connectivity index (χ3v) is 8.04. The van der Waals surface area contributed by atoms with Crippen LogP contribution in [0.1, 0.15) is 27.7 Å². The average Bonchev–Trinajstić information content (AvgIpc) is 3.50. The van der Waals surface area contributed by atoms with Crippen molar-refractivity contribution >= 4 is 38.1 Å². The van der Waals surface area contributed by atoms with Gasteiger partial charge in [-0.3, -0.25) is 9.52 Å². The molecule has 1 aromatic heterocycles. The van der Waals surface area contributed by atoms with Crippen molar-refractivity contribution in [3.8, 4) is 0 Å². The minimum absolute atomic E-state index is 0.0438. The summed E-state index contributed by atoms with van der Waals surface area (Å²) in [4.78, 5) is 16.4. The van der Waals surface area contributed by atoms with Crippen LogP contribution in [0.3, 0.4) is 0 Å². The Hall–Kier alpha value is -2.17. The first kappa shape index (κ1) is 26.4. The lowest BCUT2D eigenvalue weighted by Crippen LogP contribution is -2.56. The number of hydrogen-bond donors (Lipinski definition) is 2. The Labute approximate surface area is 218 Å². The normalized spacial score (nSPS) is 29.9. The Morgan fingerprint density at radius 3 is 2.41 bits per heavy atom. The Kier molecular flexibility index (Phi) is 7.04. The zero-order chi connectivity index (χ0) is 26.4. The molecule has 1 aromatic carbocycles. The van der Waals surface area contributed by atoms with Gasteiger partial charge in [0.1, 0.15) is 31.0 Å². The van der Waals surface area contributed by atoms with Crippen molar-refractivity contribution in [1.29, 1.82) is 0 Å². The highest BCUT2D eigenvalue weighted by molar-refractivity contribution is 7.93. The van der Waals surface area contributed by atoms with Gasteiger partial charge >= 0.3 is 0 Å². The maximum Gasteiger partial charge on any atom is 0.263 e. The van der Waals surface area contributed by atoms with Crippen molar-refractivity contribution in [3.05, 3.63) is 35.8 Å². The molecule has 1 amide bonds. The van der Waals surface area contributed by atoms with Gasteiger partial charge in [0, 0.05) is 17.3 Å². The molecule has 37 heavy (non-hydrogen) atoms. The minimum Gasteiger partial charge on any atom is -0.369 e. The van der Waals surface area contributed by atoms with E-state index < -0.39 is 58.2 Å². The van der Waals surface area contributed by atoms with E-state index in [-0.39, 0.29) is 23.2 Å². The lowest BCUT2D eigenvalue weighted by molar-refractivity contribution is -0.242. The van der Waals surface area contributed by atoms with Gasteiger partial charge in [-0.2, -0.15) is 0 Å². The summed E-state index contributed by atoms with van der Waals surface area (Å²) in [6, 6.07) is 5.77. The SMILES string of the molecule is CC1(C)O[C@H]2[C@@H](O1)[C@@H](COCC(=O)Nc1ccc(S(=O)(=O)Nc3nccs3)cc1)O[C@@H]1OC(C)(C)O[C@@H]12. The molecular formula is C23H29N3O9S2. The van der Waals surface area contributed by atoms with Crippen molar-refractivity contribution in [3.63, 3.8) is 0 Å². The lowest BCUT2D eigenvalue weighted by Gasteiger charge is -2.37. The van der Waals surface area contributed by atoms with Crippen molar-refractivity contribution in [2.24, 2.45) is 0 Å². The van der Waals surface area contributed by atoms with Crippen LogP contribution in [0.4, 0.5) is 10.8 Å². The van der Waals surface area contributed by atoms with Crippen LogP contribution in [-0.4, -0.2) is 74.8 Å². The van der Waals surface area contributed by atoms with Gasteiger partial charge in [0.25, 0.3) is 10.0 Å². The lowest BCUT2D eigenvalue weighted by atomic mass is 9.99. The van der Waals surface area contributed by atoms with E-state index in [1.54, 1.807) is 19.2 Å². The smallest absolute Gasteiger partial charge is 0.263 e. The van der Waals surface area contributed by atoms with E-state index in [0.717, 1.165) is 0 Å². The number of carbonyl (C=O) groups excluding carboxylic acids is 1. The van der Waals surface area contributed by atoms with E-state index in [1.165, 1.54) is 41.8 Å². The maximum absolute atomic E-state index is 12.4. The molecule has 5 rings (SSSR count). The van der Waals surface area contributed by atoms with Gasteiger partial charge in [-0.1, -0.05) is 0 Å². The summed E-state index contributed by atoms with van der Waals surface area (Å²) >= 11 is 1.17. The number of aromatic nitrogens is 1. The standard InChI is InChI=1S/C23H29N3O9S2/c1-22(2)32-17-15(31-20-19(18(17)33-22)34-23(3,4)35-20)11-30-12-16(27)25-13-5-7-14(8-6-13)37(28,29)26-21-24-9-10-36-21/h5-10,15,17-20H,11-12H2,1-4H3,(H,24,26)(H,25,27)/t15-,17+,18+,19-,20-/m1/s1. The largest absolute Gasteiger partial charge is 0.369 e. The second kappa shape index (κ2) is 9.85. The maximum atomic E-state index is 12.4. The summed E-state index contributed by atoms with van der Waals surface area (Å²) in [6.45, 7) is 7.07. The predicted molar refractivity (Wildman–Crippen MR) is 131 cm³/mol. The fourth-order valence-corrected chi connectivity index (χ4v) is 6.25. The van der Waals surface area contributed by atoms with Crippen LogP contribution in [0.15, 0.2) is 40.7 Å². The predicted octanol–water partition coefficient (Wildman–Crippen LogP) is 2.30. The molecular weight excluding hydrogens is 526 g/mol. The van der Waals surface area contributed by atoms with Crippen molar-refractivity contribution < 1.29 is 41.6 Å². The summed E-state index contributed by atoms with van der Waals surface area (Å²) < 4.78 is 62.9. The van der Waals surface area contributed by atoms with Gasteiger partial charge in [-0.05, 0) is 52.0 Å². The average molecular weight is 556 g/mol. The molecule has 0 unspecified atom stereocenters. The summed E-state index contributed by atoms with van der Waals surface area (Å²) in [5.74, 6) is -2.06. The highest BCUT2D eigenvalue weighted by atomic mass is 32.2. The fourth-order valence-electron chi connectivity index (χ4n) is 4.46. The molecule has 2 aromatic rings. The quantitative estimate of drug-likeness (QED) is 0.498. The van der Waals surface area contributed by atoms with Gasteiger partial charge in [0.15, 0.2) is 23.0 Å². The molecule has 0 radical (unpaired) electrons. The summed E-state index contributed by atoms with van der Waals surface area (Å²) in [6.07, 6.45) is -0.970. The third kappa shape index (κ3) is 5.96. The van der Waals surface area contributed by atoms with Gasteiger partial charge in [0.2, 0.25) is 5.91 Å². The molecule has 0 bridgehead atoms. The zero-order valence-corrected chi connectivity index (χ0v) is 22.3. The van der Waals surface area contributed by atoms with E-state index in [1.807, 2.05) is 13.8 Å². The van der Waals surface area contributed by atoms with E-state index in [9.17, 15) is 13.2 Å². The second-order valence-electron chi connectivity index (χ2n) is 9.74. The number of ether oxygens (including phenoxy) is 6. The monoisotopic (exact) mass is 555 g/mol. The Morgan fingerprint density at radius 1 is 1.03 bits per heavy atom. The molecule has 3 aliphatic heterocycles. The van der Waals surface area contributed by atoms with Crippen molar-refractivity contribution in [2.45, 2.75) is 74.9 Å². The van der Waals surface area contributed by atoms with Crippen LogP contribution in [0.25, 0.3) is 0 Å². The number of amides is 1. The van der Waals surface area contributed by atoms with Gasteiger partial charge in [-0.25, -0.2) is 13.4 Å². The molecule has 2 N–H and O–H groups in total. The van der Waals surface area contributed by atoms with Crippen LogP contribution in [-0.2, 0) is 43.2 Å². The van der Waals surface area contributed by atoms with E-state index in [0.29, 0.717) is 5.69 Å². The molecule has 4 heterocycles. The molecule has 0 spiro atoms. The molecule has 3 fully saturated rings. The number of carbonyl (C=O) groups is 1. The summed E-state index contributed by atoms with van der Waals surface area (Å²) in [5.41, 5.74) is 0.423. The number of anilines is 2. The topological polar surface area (TPSA) is 144 Å². The summed E-state index contributed by atoms with van der Waals surface area (Å²) in [5, 5.41) is 4.62. The van der Waals surface area contributed by atoms with E-state index >= 15 is 0 Å². The number of benzene rings is 1. The molecule has 202 valence electrons. The highest BCUT2D eigenvalue weighted by Crippen LogP contribution is 2.44. The van der Waals surface area contributed by atoms with Gasteiger partial charge in [-0.15, -0.1) is 11.3 Å². The Morgan fingerprint density at radius 2 is 1.70 bits per heavy atom. The Bertz CT molecular complexity index is 1220. The first-order valence-corrected chi connectivity index (χ1v) is 14.0. The molecule has 3 saturated heterocycles. The molecule has 0 aliphatic carbocycles. The van der Waals surface area contributed by atoms with E-state index in [4.69, 9.17) is 28.4 Å². The number of rotatable bonds is 8. The molecule has 12 nitrogen and oxygen atoms in total. The number of nitrogens with zero attached hydrogens (tertiary/aromatic N) is 1. The number of hydrogen-bond acceptors (Lipinski definition) is 11. The number of fused-ring (bicyclic) bond motifs is 3. The van der Waals surface area contributed by atoms with Crippen LogP contribution < -0.4 is 10.0 Å². The number of nitrogens with one attached hydrogen (secondary N) is 2. The highest BCUT2D eigenvalue weighted by Gasteiger charge is 2.60. The first-order valence-electron chi connectivity index (χ1n) is 11.7. The zero-order valence-electron chi connectivity index (χ0n) is 20.7. The Balaban J connectivity index is 1.14. The molecule has 3 aliphatic rings. The van der Waals surface area contributed by atoms with Crippen molar-refractivity contribution in [2.75, 3.05) is 23.3 Å². The van der Waals surface area contributed by atoms with Crippen LogP contribution in [0, 0.1) is 0 Å². The van der Waals surface area contributed by atoms with Crippen LogP contribution in [0.2, 0.25) is 0 Å². The third-order valence-electron chi connectivity index (χ3n) is 5.87. The molecule has 0 saturated carbocycles. The first-order chi connectivity index (χ1) is 17.4. The van der Waals surface area contributed by atoms with E-state index in [2.05, 4.69) is 15.0 Å². The fraction of sp³-hybridized carbons (Fsp3) is 0.565. The molecule has 14 heteroatoms.